The van der Waals surface area contributed by atoms with Crippen LogP contribution in [0.3, 0.4) is 0 Å². The van der Waals surface area contributed by atoms with E-state index in [1.807, 2.05) is 0 Å². The average Bonchev–Trinajstić information content (AvgIpc) is 2.47. The van der Waals surface area contributed by atoms with Gasteiger partial charge in [-0.3, -0.25) is 0 Å². The molecule has 0 aromatic heterocycles. The zero-order valence-corrected chi connectivity index (χ0v) is 19.4. The molecule has 0 radical (unpaired) electrons. The van der Waals surface area contributed by atoms with Crippen molar-refractivity contribution in [1.29, 1.82) is 0 Å². The molecule has 0 atom stereocenters. The van der Waals surface area contributed by atoms with Crippen molar-refractivity contribution < 1.29 is 91.6 Å². The molecule has 0 aromatic rings. The Hall–Kier alpha value is -0.191. The number of carboxylic acid groups (broad SMARTS) is 3. The van der Waals surface area contributed by atoms with Crippen LogP contribution in [-0.2, 0) is 31.5 Å². The number of rotatable bonds is 6. The average molecular weight is 430 g/mol. The maximum absolute atomic E-state index is 9.98. The Labute approximate surface area is 186 Å². The number of carbonyl (C=O) groups excluding carboxylic acids is 3. The maximum atomic E-state index is 9.98. The molecule has 0 aliphatic rings. The Balaban J connectivity index is -0.0000000817. The van der Waals surface area contributed by atoms with Gasteiger partial charge in [0, 0.05) is 34.2 Å². The number of carbonyl (C=O) groups is 3. The minimum Gasteiger partial charge on any atom is -0.549 e. The third-order valence-electron chi connectivity index (χ3n) is 2.84. The Morgan fingerprint density at radius 3 is 0.731 bits per heavy atom. The second-order valence-corrected chi connectivity index (χ2v) is 6.99. The zero-order chi connectivity index (χ0) is 20.4. The summed E-state index contributed by atoms with van der Waals surface area (Å²) in [5, 5.41) is 55.0. The first-order chi connectivity index (χ1) is 10.5. The van der Waals surface area contributed by atoms with E-state index in [0.29, 0.717) is 0 Å². The van der Waals surface area contributed by atoms with Crippen LogP contribution in [0.1, 0.15) is 41.5 Å². The van der Waals surface area contributed by atoms with E-state index in [4.69, 9.17) is 15.3 Å². The summed E-state index contributed by atoms with van der Waals surface area (Å²) in [7, 11) is 0. The summed E-state index contributed by atoms with van der Waals surface area (Å²) < 4.78 is 0. The van der Waals surface area contributed by atoms with Crippen LogP contribution in [-0.4, -0.2) is 53.0 Å². The van der Waals surface area contributed by atoms with E-state index in [1.54, 1.807) is 0 Å². The molecule has 0 aliphatic heterocycles. The van der Waals surface area contributed by atoms with Crippen LogP contribution in [0.25, 0.3) is 0 Å². The molecule has 150 valence electrons. The molecule has 0 heterocycles. The summed E-state index contributed by atoms with van der Waals surface area (Å²) in [5.74, 6) is -3.67. The van der Waals surface area contributed by atoms with E-state index in [-0.39, 0.29) is 66.4 Å². The van der Waals surface area contributed by atoms with Gasteiger partial charge in [0.1, 0.15) is 0 Å². The van der Waals surface area contributed by atoms with E-state index in [2.05, 4.69) is 0 Å². The van der Waals surface area contributed by atoms with Crippen LogP contribution in [0.4, 0.5) is 0 Å². The van der Waals surface area contributed by atoms with E-state index < -0.39 is 34.2 Å². The van der Waals surface area contributed by atoms with Gasteiger partial charge in [0.25, 0.3) is 0 Å². The molecule has 0 unspecified atom stereocenters. The Kier molecular flexibility index (Phi) is 22.3. The van der Waals surface area contributed by atoms with Gasteiger partial charge in [-0.1, -0.05) is 41.5 Å². The van der Waals surface area contributed by atoms with Gasteiger partial charge in [0.2, 0.25) is 0 Å². The van der Waals surface area contributed by atoms with Crippen LogP contribution in [0.15, 0.2) is 0 Å². The van der Waals surface area contributed by atoms with Crippen molar-refractivity contribution in [3.05, 3.63) is 0 Å². The first-order valence-electron chi connectivity index (χ1n) is 6.98. The molecule has 0 rings (SSSR count). The summed E-state index contributed by atoms with van der Waals surface area (Å²) in [4.78, 5) is 29.9. The second kappa shape index (κ2) is 15.8. The SMILES string of the molecule is CC(C)(CO)C(=O)[O-].CC(C)(CO)C(=O)[O-].CC(C)(CO)C(=O)[O-].[Fe+2].[Na+]. The van der Waals surface area contributed by atoms with Gasteiger partial charge in [-0.15, -0.1) is 0 Å². The predicted molar refractivity (Wildman–Crippen MR) is 77.6 cm³/mol. The number of aliphatic hydroxyl groups excluding tert-OH is 3. The monoisotopic (exact) mass is 430 g/mol. The summed E-state index contributed by atoms with van der Waals surface area (Å²) in [6, 6.07) is 0. The number of hydrogen-bond donors (Lipinski definition) is 3. The van der Waals surface area contributed by atoms with Crippen LogP contribution < -0.4 is 44.9 Å². The van der Waals surface area contributed by atoms with E-state index >= 15 is 0 Å². The van der Waals surface area contributed by atoms with Crippen molar-refractivity contribution in [3.8, 4) is 0 Å². The smallest absolute Gasteiger partial charge is 0.549 e. The summed E-state index contributed by atoms with van der Waals surface area (Å²) in [6.07, 6.45) is 0. The van der Waals surface area contributed by atoms with Gasteiger partial charge < -0.3 is 45.0 Å². The molecule has 0 fully saturated rings. The Morgan fingerprint density at radius 1 is 0.615 bits per heavy atom. The van der Waals surface area contributed by atoms with Gasteiger partial charge in [0.05, 0.1) is 19.8 Å². The van der Waals surface area contributed by atoms with E-state index in [0.717, 1.165) is 0 Å². The van der Waals surface area contributed by atoms with Gasteiger partial charge in [-0.05, 0) is 0 Å². The summed E-state index contributed by atoms with van der Waals surface area (Å²) >= 11 is 0. The first kappa shape index (κ1) is 36.7. The molecule has 0 aliphatic carbocycles. The van der Waals surface area contributed by atoms with Crippen molar-refractivity contribution in [1.82, 2.24) is 0 Å². The topological polar surface area (TPSA) is 181 Å². The quantitative estimate of drug-likeness (QED) is 0.345. The second-order valence-electron chi connectivity index (χ2n) is 6.99. The minimum atomic E-state index is -1.22. The summed E-state index contributed by atoms with van der Waals surface area (Å²) in [6.45, 7) is 7.29. The largest absolute Gasteiger partial charge is 2.00 e. The van der Waals surface area contributed by atoms with Gasteiger partial charge in [-0.2, -0.15) is 0 Å². The van der Waals surface area contributed by atoms with Crippen LogP contribution in [0, 0.1) is 16.2 Å². The molecule has 0 saturated carbocycles. The third kappa shape index (κ3) is 17.2. The fraction of sp³-hybridized carbons (Fsp3) is 0.800. The molecule has 3 N–H and O–H groups in total. The molecule has 0 aromatic carbocycles. The van der Waals surface area contributed by atoms with Gasteiger partial charge in [-0.25, -0.2) is 0 Å². The van der Waals surface area contributed by atoms with Crippen molar-refractivity contribution >= 4 is 17.9 Å². The Bertz CT molecular complexity index is 362. The molecule has 9 nitrogen and oxygen atoms in total. The van der Waals surface area contributed by atoms with Crippen LogP contribution in [0.2, 0.25) is 0 Å². The standard InChI is InChI=1S/3C5H10O3.Fe.Na/c3*1-5(2,3-6)4(7)8;;/h3*6H,3H2,1-2H3,(H,7,8);;/q;;;+2;+1/p-3. The van der Waals surface area contributed by atoms with Gasteiger partial charge >= 0.3 is 46.6 Å². The maximum Gasteiger partial charge on any atom is 2.00 e. The van der Waals surface area contributed by atoms with Crippen molar-refractivity contribution in [2.24, 2.45) is 16.2 Å². The molecule has 0 bridgehead atoms. The molecule has 0 saturated heterocycles. The number of carboxylic acids is 3. The Morgan fingerprint density at radius 2 is 0.731 bits per heavy atom. The first-order valence-corrected chi connectivity index (χ1v) is 6.98. The fourth-order valence-corrected chi connectivity index (χ4v) is 0.194. The van der Waals surface area contributed by atoms with E-state index in [9.17, 15) is 29.7 Å². The van der Waals surface area contributed by atoms with Crippen LogP contribution >= 0.6 is 0 Å². The van der Waals surface area contributed by atoms with Crippen molar-refractivity contribution in [2.45, 2.75) is 41.5 Å². The van der Waals surface area contributed by atoms with Crippen LogP contribution in [0.5, 0.6) is 0 Å². The number of aliphatic hydroxyl groups is 3. The van der Waals surface area contributed by atoms with E-state index in [1.165, 1.54) is 41.5 Å². The number of hydrogen-bond acceptors (Lipinski definition) is 9. The molecule has 0 spiro atoms. The summed E-state index contributed by atoms with van der Waals surface area (Å²) in [5.41, 5.74) is -3.29. The van der Waals surface area contributed by atoms with Crippen molar-refractivity contribution in [2.75, 3.05) is 19.8 Å². The van der Waals surface area contributed by atoms with Gasteiger partial charge in [0.15, 0.2) is 0 Å². The molecular weight excluding hydrogens is 403 g/mol. The molecule has 0 amide bonds. The normalized spacial score (nSPS) is 10.5. The van der Waals surface area contributed by atoms with Crippen molar-refractivity contribution in [3.63, 3.8) is 0 Å². The number of aliphatic carboxylic acids is 3. The predicted octanol–water partition coefficient (Wildman–Crippen LogP) is -6.73. The third-order valence-corrected chi connectivity index (χ3v) is 2.84. The fourth-order valence-electron chi connectivity index (χ4n) is 0.194. The molecular formula is C15H27FeNaO9. The molecule has 11 heteroatoms. The zero-order valence-electron chi connectivity index (χ0n) is 16.3. The minimum absolute atomic E-state index is 0. The molecule has 26 heavy (non-hydrogen) atoms.